The Labute approximate surface area is 192 Å². The Hall–Kier alpha value is -2.82. The zero-order chi connectivity index (χ0) is 20.2. The Bertz CT molecular complexity index is 1020. The van der Waals surface area contributed by atoms with E-state index in [1.807, 2.05) is 59.3 Å². The van der Waals surface area contributed by atoms with Crippen LogP contribution in [0.3, 0.4) is 0 Å². The average Bonchev–Trinajstić information content (AvgIpc) is 3.33. The van der Waals surface area contributed by atoms with E-state index in [1.165, 1.54) is 0 Å². The summed E-state index contributed by atoms with van der Waals surface area (Å²) >= 11 is 0. The number of amides is 1. The number of nitrogens with one attached hydrogen (secondary N) is 2. The first kappa shape index (κ1) is 21.9. The van der Waals surface area contributed by atoms with E-state index in [0.29, 0.717) is 25.5 Å². The van der Waals surface area contributed by atoms with Crippen LogP contribution in [0.4, 0.5) is 5.69 Å². The second kappa shape index (κ2) is 9.79. The van der Waals surface area contributed by atoms with Gasteiger partial charge in [-0.1, -0.05) is 12.1 Å². The minimum absolute atomic E-state index is 0. The molecule has 1 aliphatic heterocycles. The minimum Gasteiger partial charge on any atom is -0.497 e. The van der Waals surface area contributed by atoms with E-state index in [4.69, 9.17) is 4.74 Å². The fourth-order valence-electron chi connectivity index (χ4n) is 3.47. The van der Waals surface area contributed by atoms with Gasteiger partial charge in [0.15, 0.2) is 5.96 Å². The van der Waals surface area contributed by atoms with Gasteiger partial charge in [0.25, 0.3) is 0 Å². The van der Waals surface area contributed by atoms with Gasteiger partial charge in [-0.3, -0.25) is 9.79 Å². The molecule has 3 heterocycles. The third-order valence-electron chi connectivity index (χ3n) is 4.91. The van der Waals surface area contributed by atoms with Crippen molar-refractivity contribution in [1.29, 1.82) is 0 Å². The number of imidazole rings is 1. The van der Waals surface area contributed by atoms with Gasteiger partial charge in [0.05, 0.1) is 25.4 Å². The Morgan fingerprint density at radius 2 is 2.17 bits per heavy atom. The predicted molar refractivity (Wildman–Crippen MR) is 128 cm³/mol. The van der Waals surface area contributed by atoms with Crippen LogP contribution in [0.5, 0.6) is 5.75 Å². The third kappa shape index (κ3) is 4.84. The Kier molecular flexibility index (Phi) is 7.14. The number of carbonyl (C=O) groups excluding carboxylic acids is 1. The molecule has 3 aromatic rings. The van der Waals surface area contributed by atoms with Crippen LogP contribution in [0, 0.1) is 0 Å². The van der Waals surface area contributed by atoms with Crippen LogP contribution in [0.2, 0.25) is 0 Å². The molecule has 9 heteroatoms. The standard InChI is InChI=1S/C21H24N6O2.HI/c1-22-21(23-12-16-13-26-9-4-3-8-19(26)24-16)25-15-10-20(28)27(14-15)17-6-5-7-18(11-17)29-2;/h3-9,11,13,15H,10,12,14H2,1-2H3,(H2,22,23,25);1H. The van der Waals surface area contributed by atoms with Crippen molar-refractivity contribution in [1.82, 2.24) is 20.0 Å². The third-order valence-corrected chi connectivity index (χ3v) is 4.91. The van der Waals surface area contributed by atoms with Crippen LogP contribution in [0.1, 0.15) is 12.1 Å². The number of anilines is 1. The van der Waals surface area contributed by atoms with Crippen molar-refractivity contribution in [2.45, 2.75) is 19.0 Å². The lowest BCUT2D eigenvalue weighted by molar-refractivity contribution is -0.117. The lowest BCUT2D eigenvalue weighted by Crippen LogP contribution is -2.44. The number of aromatic nitrogens is 2. The summed E-state index contributed by atoms with van der Waals surface area (Å²) < 4.78 is 7.24. The second-order valence-electron chi connectivity index (χ2n) is 6.88. The molecule has 158 valence electrons. The molecule has 1 aliphatic rings. The minimum atomic E-state index is -0.0269. The molecule has 0 spiro atoms. The van der Waals surface area contributed by atoms with Gasteiger partial charge in [0.2, 0.25) is 5.91 Å². The summed E-state index contributed by atoms with van der Waals surface area (Å²) in [5, 5.41) is 6.61. The fourth-order valence-corrected chi connectivity index (χ4v) is 3.47. The molecule has 0 bridgehead atoms. The van der Waals surface area contributed by atoms with Crippen LogP contribution in [0.15, 0.2) is 59.9 Å². The molecule has 1 atom stereocenters. The molecule has 0 radical (unpaired) electrons. The van der Waals surface area contributed by atoms with E-state index >= 15 is 0 Å². The number of pyridine rings is 1. The number of aliphatic imine (C=N–C) groups is 1. The second-order valence-corrected chi connectivity index (χ2v) is 6.88. The molecular weight excluding hydrogens is 495 g/mol. The lowest BCUT2D eigenvalue weighted by atomic mass is 10.2. The molecular formula is C21H25IN6O2. The summed E-state index contributed by atoms with van der Waals surface area (Å²) in [5.41, 5.74) is 2.66. The molecule has 1 aromatic carbocycles. The number of nitrogens with zero attached hydrogens (tertiary/aromatic N) is 4. The summed E-state index contributed by atoms with van der Waals surface area (Å²) in [6.45, 7) is 1.11. The van der Waals surface area contributed by atoms with E-state index in [1.54, 1.807) is 19.1 Å². The quantitative estimate of drug-likeness (QED) is 0.307. The predicted octanol–water partition coefficient (Wildman–Crippen LogP) is 2.43. The summed E-state index contributed by atoms with van der Waals surface area (Å²) in [7, 11) is 3.34. The highest BCUT2D eigenvalue weighted by Gasteiger charge is 2.31. The van der Waals surface area contributed by atoms with Crippen LogP contribution in [-0.4, -0.2) is 48.0 Å². The van der Waals surface area contributed by atoms with Gasteiger partial charge in [-0.05, 0) is 24.3 Å². The van der Waals surface area contributed by atoms with Crippen molar-refractivity contribution < 1.29 is 9.53 Å². The SMILES string of the molecule is CN=C(NCc1cn2ccccc2n1)NC1CC(=O)N(c2cccc(OC)c2)C1.I. The molecule has 8 nitrogen and oxygen atoms in total. The van der Waals surface area contributed by atoms with E-state index in [9.17, 15) is 4.79 Å². The average molecular weight is 520 g/mol. The van der Waals surface area contributed by atoms with Gasteiger partial charge in [-0.15, -0.1) is 24.0 Å². The monoisotopic (exact) mass is 520 g/mol. The van der Waals surface area contributed by atoms with Crippen LogP contribution in [0.25, 0.3) is 5.65 Å². The first-order valence-electron chi connectivity index (χ1n) is 9.50. The fraction of sp³-hybridized carbons (Fsp3) is 0.286. The molecule has 1 saturated heterocycles. The highest BCUT2D eigenvalue weighted by Crippen LogP contribution is 2.25. The molecule has 0 saturated carbocycles. The van der Waals surface area contributed by atoms with Crippen molar-refractivity contribution >= 4 is 47.2 Å². The largest absolute Gasteiger partial charge is 0.497 e. The van der Waals surface area contributed by atoms with Crippen molar-refractivity contribution in [2.75, 3.05) is 25.6 Å². The molecule has 2 N–H and O–H groups in total. The topological polar surface area (TPSA) is 83.3 Å². The smallest absolute Gasteiger partial charge is 0.229 e. The Morgan fingerprint density at radius 1 is 1.30 bits per heavy atom. The Balaban J connectivity index is 0.00000256. The summed E-state index contributed by atoms with van der Waals surface area (Å²) in [4.78, 5) is 23.1. The highest BCUT2D eigenvalue weighted by molar-refractivity contribution is 14.0. The first-order valence-corrected chi connectivity index (χ1v) is 9.50. The molecule has 0 aliphatic carbocycles. The zero-order valence-corrected chi connectivity index (χ0v) is 19.2. The van der Waals surface area contributed by atoms with Crippen molar-refractivity contribution in [3.05, 3.63) is 60.6 Å². The normalized spacial score (nSPS) is 16.5. The number of methoxy groups -OCH3 is 1. The number of carbonyl (C=O) groups is 1. The maximum absolute atomic E-state index is 12.5. The zero-order valence-electron chi connectivity index (χ0n) is 16.9. The molecule has 30 heavy (non-hydrogen) atoms. The molecule has 2 aromatic heterocycles. The maximum Gasteiger partial charge on any atom is 0.229 e. The molecule has 1 fully saturated rings. The van der Waals surface area contributed by atoms with Gasteiger partial charge in [0, 0.05) is 44.2 Å². The number of hydrogen-bond acceptors (Lipinski definition) is 4. The van der Waals surface area contributed by atoms with Crippen molar-refractivity contribution in [3.63, 3.8) is 0 Å². The van der Waals surface area contributed by atoms with Crippen LogP contribution < -0.4 is 20.3 Å². The number of benzene rings is 1. The number of hydrogen-bond donors (Lipinski definition) is 2. The van der Waals surface area contributed by atoms with E-state index in [2.05, 4.69) is 20.6 Å². The van der Waals surface area contributed by atoms with Crippen LogP contribution >= 0.6 is 24.0 Å². The van der Waals surface area contributed by atoms with E-state index in [0.717, 1.165) is 22.8 Å². The van der Waals surface area contributed by atoms with Crippen LogP contribution in [-0.2, 0) is 11.3 Å². The lowest BCUT2D eigenvalue weighted by Gasteiger charge is -2.19. The highest BCUT2D eigenvalue weighted by atomic mass is 127. The van der Waals surface area contributed by atoms with Gasteiger partial charge < -0.3 is 24.7 Å². The van der Waals surface area contributed by atoms with E-state index in [-0.39, 0.29) is 35.9 Å². The number of guanidine groups is 1. The van der Waals surface area contributed by atoms with Crippen molar-refractivity contribution in [3.8, 4) is 5.75 Å². The summed E-state index contributed by atoms with van der Waals surface area (Å²) in [5.74, 6) is 1.45. The number of halogens is 1. The number of ether oxygens (including phenoxy) is 1. The van der Waals surface area contributed by atoms with Crippen molar-refractivity contribution in [2.24, 2.45) is 4.99 Å². The molecule has 1 amide bonds. The number of rotatable bonds is 5. The van der Waals surface area contributed by atoms with Gasteiger partial charge in [-0.25, -0.2) is 4.98 Å². The maximum atomic E-state index is 12.5. The van der Waals surface area contributed by atoms with Gasteiger partial charge in [0.1, 0.15) is 11.4 Å². The first-order chi connectivity index (χ1) is 14.2. The van der Waals surface area contributed by atoms with E-state index < -0.39 is 0 Å². The van der Waals surface area contributed by atoms with Gasteiger partial charge in [-0.2, -0.15) is 0 Å². The number of fused-ring (bicyclic) bond motifs is 1. The molecule has 1 unspecified atom stereocenters. The summed E-state index contributed by atoms with van der Waals surface area (Å²) in [6, 6.07) is 13.4. The van der Waals surface area contributed by atoms with Gasteiger partial charge >= 0.3 is 0 Å². The summed E-state index contributed by atoms with van der Waals surface area (Å²) in [6.07, 6.45) is 4.36. The molecule has 4 rings (SSSR count). The Morgan fingerprint density at radius 3 is 2.93 bits per heavy atom.